The summed E-state index contributed by atoms with van der Waals surface area (Å²) in [7, 11) is 1.39. The van der Waals surface area contributed by atoms with Gasteiger partial charge in [-0.1, -0.05) is 0 Å². The first-order valence-corrected chi connectivity index (χ1v) is 1.80. The maximum Gasteiger partial charge on any atom is 0.141 e. The van der Waals surface area contributed by atoms with Crippen LogP contribution < -0.4 is 17.0 Å². The van der Waals surface area contributed by atoms with Gasteiger partial charge in [0.2, 0.25) is 0 Å². The highest BCUT2D eigenvalue weighted by molar-refractivity contribution is 4.31. The molecule has 0 saturated heterocycles. The largest absolute Gasteiger partial charge is 0.411 e. The Morgan fingerprint density at radius 3 is 2.50 bits per heavy atom. The Hall–Kier alpha value is -0.280. The highest BCUT2D eigenvalue weighted by Crippen LogP contribution is 1.58. The molecule has 1 atom stereocenters. The lowest BCUT2D eigenvalue weighted by molar-refractivity contribution is -1.08. The van der Waals surface area contributed by atoms with E-state index in [-0.39, 0.29) is 10.6 Å². The van der Waals surface area contributed by atoms with Gasteiger partial charge < -0.3 is 5.43 Å². The van der Waals surface area contributed by atoms with E-state index in [1.54, 1.807) is 0 Å². The van der Waals surface area contributed by atoms with E-state index < -0.39 is 0 Å². The van der Waals surface area contributed by atoms with Crippen molar-refractivity contribution in [3.05, 3.63) is 5.43 Å². The van der Waals surface area contributed by atoms with E-state index in [4.69, 9.17) is 11.0 Å². The molecule has 0 radical (unpaired) electrons. The second-order valence-electron chi connectivity index (χ2n) is 0.960. The fourth-order valence-corrected chi connectivity index (χ4v) is 0.140. The van der Waals surface area contributed by atoms with E-state index in [1.807, 2.05) is 0 Å². The predicted octanol–water partition coefficient (Wildman–Crippen LogP) is -2.92. The quantitative estimate of drug-likeness (QED) is 0.238. The minimum atomic E-state index is -0.201. The van der Waals surface area contributed by atoms with Gasteiger partial charge in [-0.2, -0.15) is 17.0 Å². The predicted molar refractivity (Wildman–Crippen MR) is 23.3 cm³/mol. The van der Waals surface area contributed by atoms with Crippen molar-refractivity contribution in [1.82, 2.24) is 5.34 Å². The van der Waals surface area contributed by atoms with Crippen molar-refractivity contribution < 1.29 is 15.4 Å². The summed E-state index contributed by atoms with van der Waals surface area (Å²) in [6, 6.07) is 0. The average molecular weight is 123 g/mol. The second-order valence-corrected chi connectivity index (χ2v) is 0.960. The fourth-order valence-electron chi connectivity index (χ4n) is 0.140. The molecular formula is CH9N5O2. The Morgan fingerprint density at radius 2 is 2.38 bits per heavy atom. The Labute approximate surface area is 46.2 Å². The minimum Gasteiger partial charge on any atom is -0.411 e. The van der Waals surface area contributed by atoms with Crippen LogP contribution >= 0.6 is 0 Å². The van der Waals surface area contributed by atoms with Gasteiger partial charge in [-0.25, -0.2) is 5.21 Å². The van der Waals surface area contributed by atoms with E-state index in [0.29, 0.717) is 0 Å². The maximum atomic E-state index is 8.36. The molecule has 7 heteroatoms. The van der Waals surface area contributed by atoms with E-state index in [2.05, 4.69) is 16.3 Å². The first-order valence-electron chi connectivity index (χ1n) is 1.80. The van der Waals surface area contributed by atoms with Crippen LogP contribution in [0.3, 0.4) is 0 Å². The first kappa shape index (κ1) is 7.72. The van der Waals surface area contributed by atoms with Crippen LogP contribution in [-0.2, 0) is 4.94 Å². The van der Waals surface area contributed by atoms with Crippen LogP contribution in [0.1, 0.15) is 0 Å². The average Bonchev–Trinajstić information content (AvgIpc) is 1.84. The highest BCUT2D eigenvalue weighted by Gasteiger charge is 2.00. The van der Waals surface area contributed by atoms with Gasteiger partial charge in [0.05, 0.1) is 0 Å². The first-order chi connectivity index (χ1) is 3.72. The lowest BCUT2D eigenvalue weighted by Crippen LogP contribution is -3.19. The summed E-state index contributed by atoms with van der Waals surface area (Å²) >= 11 is 0. The van der Waals surface area contributed by atoms with Crippen molar-refractivity contribution >= 4 is 0 Å². The van der Waals surface area contributed by atoms with Gasteiger partial charge in [-0.05, 0) is 0 Å². The maximum absolute atomic E-state index is 8.36. The third kappa shape index (κ3) is 2.14. The van der Waals surface area contributed by atoms with Gasteiger partial charge in [0.25, 0.3) is 0 Å². The molecular weight excluding hydrogens is 114 g/mol. The molecule has 0 spiro atoms. The van der Waals surface area contributed by atoms with Crippen LogP contribution in [0.5, 0.6) is 0 Å². The molecule has 6 N–H and O–H groups in total. The lowest BCUT2D eigenvalue weighted by atomic mass is 11.5. The molecule has 50 valence electrons. The summed E-state index contributed by atoms with van der Waals surface area (Å²) in [6.07, 6.45) is 0. The van der Waals surface area contributed by atoms with Crippen LogP contribution in [0.2, 0.25) is 0 Å². The summed E-state index contributed by atoms with van der Waals surface area (Å²) in [6.45, 7) is 0. The van der Waals surface area contributed by atoms with E-state index in [9.17, 15) is 0 Å². The van der Waals surface area contributed by atoms with Crippen LogP contribution in [0.25, 0.3) is 5.43 Å². The van der Waals surface area contributed by atoms with Gasteiger partial charge in [0.15, 0.2) is 0 Å². The smallest absolute Gasteiger partial charge is 0.141 e. The van der Waals surface area contributed by atoms with Crippen LogP contribution in [-0.4, -0.2) is 17.6 Å². The van der Waals surface area contributed by atoms with Crippen molar-refractivity contribution in [2.45, 2.75) is 0 Å². The van der Waals surface area contributed by atoms with Gasteiger partial charge in [-0.15, -0.1) is 12.0 Å². The SMILES string of the molecule is C[N-][NH+](N)N(O)ON. The number of nitrogens with two attached hydrogens (primary N) is 2. The molecule has 0 rings (SSSR count). The van der Waals surface area contributed by atoms with Crippen molar-refractivity contribution in [2.24, 2.45) is 11.7 Å². The number of rotatable bonds is 3. The Balaban J connectivity index is 3.29. The molecule has 0 aliphatic rings. The summed E-state index contributed by atoms with van der Waals surface area (Å²) < 4.78 is 0. The summed E-state index contributed by atoms with van der Waals surface area (Å²) in [5, 5.41) is 8.31. The van der Waals surface area contributed by atoms with E-state index in [0.717, 1.165) is 0 Å². The van der Waals surface area contributed by atoms with E-state index in [1.165, 1.54) is 7.05 Å². The molecule has 0 aromatic carbocycles. The summed E-state index contributed by atoms with van der Waals surface area (Å²) in [5.74, 6) is 9.41. The molecule has 0 bridgehead atoms. The Bertz CT molecular complexity index is 50.4. The summed E-state index contributed by atoms with van der Waals surface area (Å²) in [4.78, 5) is 3.74. The third-order valence-corrected chi connectivity index (χ3v) is 0.525. The molecule has 0 aromatic heterocycles. The molecule has 0 heterocycles. The van der Waals surface area contributed by atoms with Gasteiger partial charge >= 0.3 is 0 Å². The van der Waals surface area contributed by atoms with Gasteiger partial charge in [0.1, 0.15) is 5.34 Å². The summed E-state index contributed by atoms with van der Waals surface area (Å²) in [5.41, 5.74) is 3.32. The van der Waals surface area contributed by atoms with E-state index >= 15 is 0 Å². The van der Waals surface area contributed by atoms with Gasteiger partial charge in [-0.3, -0.25) is 0 Å². The monoisotopic (exact) mass is 123 g/mol. The normalized spacial score (nSPS) is 14.6. The number of hydrogen-bond donors (Lipinski definition) is 4. The fraction of sp³-hybridized carbons (Fsp3) is 1.00. The molecule has 0 amide bonds. The van der Waals surface area contributed by atoms with Crippen molar-refractivity contribution in [3.8, 4) is 0 Å². The zero-order valence-electron chi connectivity index (χ0n) is 4.40. The molecule has 0 aromatic rings. The molecule has 7 nitrogen and oxygen atoms in total. The van der Waals surface area contributed by atoms with Crippen LogP contribution in [0, 0.1) is 0 Å². The number of quaternary nitrogens is 1. The second kappa shape index (κ2) is 3.69. The highest BCUT2D eigenvalue weighted by atomic mass is 17.0. The van der Waals surface area contributed by atoms with Gasteiger partial charge in [0, 0.05) is 0 Å². The third-order valence-electron chi connectivity index (χ3n) is 0.525. The van der Waals surface area contributed by atoms with Crippen molar-refractivity contribution in [1.29, 1.82) is 0 Å². The molecule has 0 saturated carbocycles. The Morgan fingerprint density at radius 1 is 1.88 bits per heavy atom. The van der Waals surface area contributed by atoms with Crippen LogP contribution in [0.15, 0.2) is 0 Å². The topological polar surface area (TPSA) is 103 Å². The molecule has 0 aliphatic heterocycles. The lowest BCUT2D eigenvalue weighted by Gasteiger charge is -2.23. The minimum absolute atomic E-state index is 0.153. The standard InChI is InChI=1S/CH9N5O2/c1-4-5(2)6(7)8-3/h5,7H,2-3H2,1H3. The number of nitrogens with one attached hydrogen (secondary N) is 1. The zero-order valence-corrected chi connectivity index (χ0v) is 4.40. The molecule has 1 unspecified atom stereocenters. The zero-order chi connectivity index (χ0) is 6.57. The molecule has 0 fully saturated rings. The molecule has 8 heavy (non-hydrogen) atoms. The number of nitrogens with zero attached hydrogens (tertiary/aromatic N) is 2. The number of hydrogen-bond acceptors (Lipinski definition) is 5. The van der Waals surface area contributed by atoms with Crippen molar-refractivity contribution in [3.63, 3.8) is 0 Å². The van der Waals surface area contributed by atoms with Crippen LogP contribution in [0.4, 0.5) is 0 Å². The Kier molecular flexibility index (Phi) is 3.56. The molecule has 0 aliphatic carbocycles. The van der Waals surface area contributed by atoms with Crippen molar-refractivity contribution in [2.75, 3.05) is 7.05 Å².